The van der Waals surface area contributed by atoms with Gasteiger partial charge in [-0.05, 0) is 49.6 Å². The Morgan fingerprint density at radius 1 is 1.11 bits per heavy atom. The highest BCUT2D eigenvalue weighted by Crippen LogP contribution is 2.28. The van der Waals surface area contributed by atoms with Gasteiger partial charge in [-0.15, -0.1) is 0 Å². The van der Waals surface area contributed by atoms with Crippen LogP contribution in [0.25, 0.3) is 0 Å². The number of amides is 1. The van der Waals surface area contributed by atoms with Gasteiger partial charge >= 0.3 is 0 Å². The third-order valence-electron chi connectivity index (χ3n) is 4.06. The molecule has 0 bridgehead atoms. The van der Waals surface area contributed by atoms with Crippen molar-refractivity contribution >= 4 is 21.6 Å². The van der Waals surface area contributed by atoms with E-state index in [1.165, 1.54) is 25.3 Å². The molecule has 0 aliphatic carbocycles. The van der Waals surface area contributed by atoms with Crippen molar-refractivity contribution in [3.8, 4) is 5.75 Å². The minimum atomic E-state index is -3.67. The Hall–Kier alpha value is -2.38. The van der Waals surface area contributed by atoms with Gasteiger partial charge in [0, 0.05) is 12.1 Å². The first-order chi connectivity index (χ1) is 12.7. The Morgan fingerprint density at radius 2 is 1.78 bits per heavy atom. The number of hydrogen-bond acceptors (Lipinski definition) is 4. The summed E-state index contributed by atoms with van der Waals surface area (Å²) in [4.78, 5) is 12.5. The topological polar surface area (TPSA) is 84.5 Å². The number of benzene rings is 2. The molecule has 2 aromatic carbocycles. The van der Waals surface area contributed by atoms with Crippen LogP contribution in [0.3, 0.4) is 0 Å². The van der Waals surface area contributed by atoms with Crippen LogP contribution in [-0.2, 0) is 10.0 Å². The number of methoxy groups -OCH3 is 1. The van der Waals surface area contributed by atoms with Crippen molar-refractivity contribution in [2.45, 2.75) is 32.1 Å². The average molecular weight is 391 g/mol. The first-order valence-corrected chi connectivity index (χ1v) is 10.3. The molecule has 0 radical (unpaired) electrons. The Labute approximate surface area is 161 Å². The summed E-state index contributed by atoms with van der Waals surface area (Å²) in [6, 6.07) is 11.5. The molecule has 0 aliphatic heterocycles. The van der Waals surface area contributed by atoms with Crippen LogP contribution in [0.4, 0.5) is 5.69 Å². The first-order valence-electron chi connectivity index (χ1n) is 8.78. The third-order valence-corrected chi connectivity index (χ3v) is 5.52. The largest absolute Gasteiger partial charge is 0.495 e. The number of carbonyl (C=O) groups is 1. The summed E-state index contributed by atoms with van der Waals surface area (Å²) in [7, 11) is -2.20. The SMILES string of the molecule is COc1ccc(S(=O)(=O)NCCC(C)C)cc1NC(=O)c1ccc(C)cc1. The fourth-order valence-corrected chi connectivity index (χ4v) is 3.49. The summed E-state index contributed by atoms with van der Waals surface area (Å²) >= 11 is 0. The van der Waals surface area contributed by atoms with E-state index < -0.39 is 10.0 Å². The zero-order valence-corrected chi connectivity index (χ0v) is 16.9. The number of anilines is 1. The molecule has 0 spiro atoms. The number of sulfonamides is 1. The molecule has 0 unspecified atom stereocenters. The zero-order chi connectivity index (χ0) is 20.0. The second-order valence-corrected chi connectivity index (χ2v) is 8.53. The maximum atomic E-state index is 12.5. The molecular formula is C20H26N2O4S. The lowest BCUT2D eigenvalue weighted by Gasteiger charge is -2.13. The van der Waals surface area contributed by atoms with E-state index >= 15 is 0 Å². The van der Waals surface area contributed by atoms with Crippen LogP contribution in [0.15, 0.2) is 47.4 Å². The number of rotatable bonds is 8. The molecule has 0 aromatic heterocycles. The predicted molar refractivity (Wildman–Crippen MR) is 107 cm³/mol. The van der Waals surface area contributed by atoms with Crippen LogP contribution in [0, 0.1) is 12.8 Å². The lowest BCUT2D eigenvalue weighted by Crippen LogP contribution is -2.25. The van der Waals surface area contributed by atoms with Crippen molar-refractivity contribution in [3.63, 3.8) is 0 Å². The molecule has 2 N–H and O–H groups in total. The van der Waals surface area contributed by atoms with Gasteiger partial charge in [0.25, 0.3) is 5.91 Å². The molecule has 0 atom stereocenters. The highest BCUT2D eigenvalue weighted by molar-refractivity contribution is 7.89. The second-order valence-electron chi connectivity index (χ2n) is 6.76. The molecule has 27 heavy (non-hydrogen) atoms. The minimum absolute atomic E-state index is 0.0752. The molecule has 7 heteroatoms. The monoisotopic (exact) mass is 390 g/mol. The standard InChI is InChI=1S/C20H26N2O4S/c1-14(2)11-12-21-27(24,25)17-9-10-19(26-4)18(13-17)22-20(23)16-7-5-15(3)6-8-16/h5-10,13-14,21H,11-12H2,1-4H3,(H,22,23). The molecule has 0 fully saturated rings. The Balaban J connectivity index is 2.24. The lowest BCUT2D eigenvalue weighted by atomic mass is 10.1. The summed E-state index contributed by atoms with van der Waals surface area (Å²) in [5, 5.41) is 2.73. The first kappa shape index (κ1) is 20.9. The van der Waals surface area contributed by atoms with Gasteiger partial charge in [0.1, 0.15) is 5.75 Å². The van der Waals surface area contributed by atoms with Gasteiger partial charge in [0.05, 0.1) is 17.7 Å². The summed E-state index contributed by atoms with van der Waals surface area (Å²) in [6.45, 7) is 6.35. The van der Waals surface area contributed by atoms with E-state index in [0.717, 1.165) is 12.0 Å². The zero-order valence-electron chi connectivity index (χ0n) is 16.1. The van der Waals surface area contributed by atoms with Crippen LogP contribution < -0.4 is 14.8 Å². The van der Waals surface area contributed by atoms with Gasteiger partial charge in [-0.3, -0.25) is 4.79 Å². The molecular weight excluding hydrogens is 364 g/mol. The maximum absolute atomic E-state index is 12.5. The van der Waals surface area contributed by atoms with Crippen molar-refractivity contribution in [2.75, 3.05) is 19.0 Å². The van der Waals surface area contributed by atoms with E-state index in [9.17, 15) is 13.2 Å². The van der Waals surface area contributed by atoms with Crippen LogP contribution >= 0.6 is 0 Å². The van der Waals surface area contributed by atoms with E-state index in [2.05, 4.69) is 10.0 Å². The molecule has 6 nitrogen and oxygen atoms in total. The van der Waals surface area contributed by atoms with Gasteiger partial charge in [-0.2, -0.15) is 0 Å². The van der Waals surface area contributed by atoms with Crippen LogP contribution in [-0.4, -0.2) is 28.0 Å². The molecule has 2 rings (SSSR count). The second kappa shape index (κ2) is 9.01. The molecule has 0 saturated heterocycles. The van der Waals surface area contributed by atoms with Gasteiger partial charge in [0.15, 0.2) is 0 Å². The van der Waals surface area contributed by atoms with Crippen molar-refractivity contribution < 1.29 is 17.9 Å². The number of nitrogens with one attached hydrogen (secondary N) is 2. The predicted octanol–water partition coefficient (Wildman–Crippen LogP) is 3.58. The summed E-state index contributed by atoms with van der Waals surface area (Å²) < 4.78 is 32.8. The smallest absolute Gasteiger partial charge is 0.255 e. The summed E-state index contributed by atoms with van der Waals surface area (Å²) in [5.74, 6) is 0.445. The van der Waals surface area contributed by atoms with Gasteiger partial charge < -0.3 is 10.1 Å². The van der Waals surface area contributed by atoms with Gasteiger partial charge in [-0.25, -0.2) is 13.1 Å². The van der Waals surface area contributed by atoms with Crippen molar-refractivity contribution in [3.05, 3.63) is 53.6 Å². The van der Waals surface area contributed by atoms with E-state index in [1.54, 1.807) is 12.1 Å². The summed E-state index contributed by atoms with van der Waals surface area (Å²) in [6.07, 6.45) is 0.742. The van der Waals surface area contributed by atoms with E-state index in [1.807, 2.05) is 32.9 Å². The average Bonchev–Trinajstić information content (AvgIpc) is 2.61. The van der Waals surface area contributed by atoms with Crippen LogP contribution in [0.5, 0.6) is 5.75 Å². The van der Waals surface area contributed by atoms with E-state index in [-0.39, 0.29) is 10.8 Å². The molecule has 146 valence electrons. The normalized spacial score (nSPS) is 11.4. The van der Waals surface area contributed by atoms with E-state index in [4.69, 9.17) is 4.74 Å². The van der Waals surface area contributed by atoms with Crippen molar-refractivity contribution in [1.29, 1.82) is 0 Å². The fourth-order valence-electron chi connectivity index (χ4n) is 2.42. The molecule has 0 aliphatic rings. The number of hydrogen-bond donors (Lipinski definition) is 2. The van der Waals surface area contributed by atoms with E-state index in [0.29, 0.717) is 29.5 Å². The van der Waals surface area contributed by atoms with Crippen LogP contribution in [0.2, 0.25) is 0 Å². The van der Waals surface area contributed by atoms with Crippen LogP contribution in [0.1, 0.15) is 36.2 Å². The quantitative estimate of drug-likeness (QED) is 0.721. The number of aryl methyl sites for hydroxylation is 1. The highest BCUT2D eigenvalue weighted by atomic mass is 32.2. The number of ether oxygens (including phenoxy) is 1. The maximum Gasteiger partial charge on any atom is 0.255 e. The van der Waals surface area contributed by atoms with Gasteiger partial charge in [0.2, 0.25) is 10.0 Å². The lowest BCUT2D eigenvalue weighted by molar-refractivity contribution is 0.102. The third kappa shape index (κ3) is 5.80. The molecule has 1 amide bonds. The Kier molecular flexibility index (Phi) is 6.98. The fraction of sp³-hybridized carbons (Fsp3) is 0.350. The van der Waals surface area contributed by atoms with Crippen molar-refractivity contribution in [2.24, 2.45) is 5.92 Å². The number of carbonyl (C=O) groups excluding carboxylic acids is 1. The molecule has 0 heterocycles. The Bertz CT molecular complexity index is 891. The Morgan fingerprint density at radius 3 is 2.37 bits per heavy atom. The summed E-state index contributed by atoms with van der Waals surface area (Å²) in [5.41, 5.74) is 1.82. The van der Waals surface area contributed by atoms with Crippen molar-refractivity contribution in [1.82, 2.24) is 4.72 Å². The highest BCUT2D eigenvalue weighted by Gasteiger charge is 2.18. The molecule has 2 aromatic rings. The minimum Gasteiger partial charge on any atom is -0.495 e. The van der Waals surface area contributed by atoms with Gasteiger partial charge in [-0.1, -0.05) is 31.5 Å². The molecule has 0 saturated carbocycles.